The van der Waals surface area contributed by atoms with Crippen molar-refractivity contribution < 1.29 is 14.4 Å². The first-order chi connectivity index (χ1) is 13.6. The second kappa shape index (κ2) is 8.99. The highest BCUT2D eigenvalue weighted by molar-refractivity contribution is 6.05. The first-order valence-corrected chi connectivity index (χ1v) is 9.19. The molecule has 28 heavy (non-hydrogen) atoms. The molecule has 3 rings (SSSR count). The van der Waals surface area contributed by atoms with Gasteiger partial charge in [0.15, 0.2) is 0 Å². The molecule has 144 valence electrons. The predicted octanol–water partition coefficient (Wildman–Crippen LogP) is 2.59. The molecule has 1 aliphatic rings. The number of anilines is 1. The van der Waals surface area contributed by atoms with Crippen molar-refractivity contribution in [3.05, 3.63) is 78.4 Å². The minimum Gasteiger partial charge on any atom is -0.349 e. The van der Waals surface area contributed by atoms with Gasteiger partial charge in [-0.25, -0.2) is 0 Å². The molecule has 0 radical (unpaired) electrons. The number of hydrogen-bond acceptors (Lipinski definition) is 3. The van der Waals surface area contributed by atoms with Crippen LogP contribution in [-0.2, 0) is 16.1 Å². The topological polar surface area (TPSA) is 78.5 Å². The average molecular weight is 377 g/mol. The number of nitrogens with one attached hydrogen (secondary N) is 2. The van der Waals surface area contributed by atoms with E-state index >= 15 is 0 Å². The normalized spacial score (nSPS) is 15.9. The van der Waals surface area contributed by atoms with E-state index in [0.29, 0.717) is 30.9 Å². The van der Waals surface area contributed by atoms with E-state index in [4.69, 9.17) is 0 Å². The van der Waals surface area contributed by atoms with Gasteiger partial charge in [0.05, 0.1) is 17.2 Å². The van der Waals surface area contributed by atoms with Crippen LogP contribution in [0.3, 0.4) is 0 Å². The van der Waals surface area contributed by atoms with Gasteiger partial charge in [-0.2, -0.15) is 0 Å². The lowest BCUT2D eigenvalue weighted by molar-refractivity contribution is -0.128. The van der Waals surface area contributed by atoms with Gasteiger partial charge in [0, 0.05) is 26.1 Å². The highest BCUT2D eigenvalue weighted by Gasteiger charge is 2.34. The number of hydrogen-bond donors (Lipinski definition) is 2. The van der Waals surface area contributed by atoms with Crippen LogP contribution >= 0.6 is 0 Å². The van der Waals surface area contributed by atoms with E-state index in [2.05, 4.69) is 17.2 Å². The fraction of sp³-hybridized carbons (Fsp3) is 0.227. The summed E-state index contributed by atoms with van der Waals surface area (Å²) in [6.07, 6.45) is 1.76. The second-order valence-corrected chi connectivity index (χ2v) is 6.69. The van der Waals surface area contributed by atoms with Crippen LogP contribution in [0.2, 0.25) is 0 Å². The monoisotopic (exact) mass is 377 g/mol. The summed E-state index contributed by atoms with van der Waals surface area (Å²) in [4.78, 5) is 39.0. The maximum absolute atomic E-state index is 12.7. The van der Waals surface area contributed by atoms with Crippen LogP contribution in [0.5, 0.6) is 0 Å². The molecular weight excluding hydrogens is 354 g/mol. The van der Waals surface area contributed by atoms with Crippen LogP contribution in [0.25, 0.3) is 0 Å². The molecule has 0 saturated carbocycles. The average Bonchev–Trinajstić information content (AvgIpc) is 3.08. The fourth-order valence-corrected chi connectivity index (χ4v) is 3.19. The first-order valence-electron chi connectivity index (χ1n) is 9.19. The Kier molecular flexibility index (Phi) is 6.22. The summed E-state index contributed by atoms with van der Waals surface area (Å²) in [5, 5.41) is 5.51. The molecule has 2 aromatic carbocycles. The number of nitrogens with zero attached hydrogens (tertiary/aromatic N) is 1. The molecular formula is C22H23N3O3. The lowest BCUT2D eigenvalue weighted by atomic mass is 10.1. The van der Waals surface area contributed by atoms with Crippen molar-refractivity contribution in [2.45, 2.75) is 13.0 Å². The summed E-state index contributed by atoms with van der Waals surface area (Å²) in [7, 11) is 0. The molecule has 0 spiro atoms. The van der Waals surface area contributed by atoms with Gasteiger partial charge in [-0.3, -0.25) is 14.4 Å². The highest BCUT2D eigenvalue weighted by atomic mass is 16.2. The van der Waals surface area contributed by atoms with Crippen molar-refractivity contribution in [1.82, 2.24) is 10.2 Å². The Balaban J connectivity index is 1.65. The molecule has 1 atom stereocenters. The highest BCUT2D eigenvalue weighted by Crippen LogP contribution is 2.23. The van der Waals surface area contributed by atoms with Gasteiger partial charge >= 0.3 is 0 Å². The zero-order valence-corrected chi connectivity index (χ0v) is 15.6. The van der Waals surface area contributed by atoms with E-state index in [1.165, 1.54) is 0 Å². The Bertz CT molecular complexity index is 880. The maximum Gasteiger partial charge on any atom is 0.253 e. The molecule has 1 saturated heterocycles. The van der Waals surface area contributed by atoms with Gasteiger partial charge < -0.3 is 15.5 Å². The summed E-state index contributed by atoms with van der Waals surface area (Å²) in [6.45, 7) is 4.77. The predicted molar refractivity (Wildman–Crippen MR) is 108 cm³/mol. The molecule has 0 bridgehead atoms. The van der Waals surface area contributed by atoms with Gasteiger partial charge in [0.25, 0.3) is 5.91 Å². The molecule has 6 nitrogen and oxygen atoms in total. The van der Waals surface area contributed by atoms with Crippen LogP contribution in [0.15, 0.2) is 67.3 Å². The van der Waals surface area contributed by atoms with Crippen LogP contribution in [0, 0.1) is 5.92 Å². The molecule has 1 heterocycles. The van der Waals surface area contributed by atoms with Crippen LogP contribution in [-0.4, -0.2) is 35.7 Å². The standard InChI is InChI=1S/C22H23N3O3/c1-2-12-23-22(28)18-10-6-7-11-19(18)24-21(27)17-13-20(26)25(15-17)14-16-8-4-3-5-9-16/h2-11,17H,1,12-15H2,(H,23,28)(H,24,27)/t17-/m1/s1. The van der Waals surface area contributed by atoms with Gasteiger partial charge in [0.1, 0.15) is 0 Å². The largest absolute Gasteiger partial charge is 0.349 e. The number of carbonyl (C=O) groups excluding carboxylic acids is 3. The SMILES string of the molecule is C=CCNC(=O)c1ccccc1NC(=O)[C@@H]1CC(=O)N(Cc2ccccc2)C1. The van der Waals surface area contributed by atoms with Gasteiger partial charge in [-0.1, -0.05) is 48.5 Å². The Labute approximate surface area is 164 Å². The van der Waals surface area contributed by atoms with E-state index in [9.17, 15) is 14.4 Å². The zero-order valence-electron chi connectivity index (χ0n) is 15.6. The van der Waals surface area contributed by atoms with Crippen molar-refractivity contribution in [2.75, 3.05) is 18.4 Å². The van der Waals surface area contributed by atoms with E-state index < -0.39 is 5.92 Å². The minimum absolute atomic E-state index is 0.0407. The van der Waals surface area contributed by atoms with Crippen molar-refractivity contribution in [3.8, 4) is 0 Å². The molecule has 2 N–H and O–H groups in total. The Morgan fingerprint density at radius 2 is 1.82 bits per heavy atom. The molecule has 0 aromatic heterocycles. The molecule has 0 aliphatic carbocycles. The van der Waals surface area contributed by atoms with Gasteiger partial charge in [-0.05, 0) is 17.7 Å². The minimum atomic E-state index is -0.444. The van der Waals surface area contributed by atoms with Gasteiger partial charge in [-0.15, -0.1) is 6.58 Å². The van der Waals surface area contributed by atoms with Crippen LogP contribution in [0.4, 0.5) is 5.69 Å². The molecule has 2 aromatic rings. The third-order valence-corrected chi connectivity index (χ3v) is 4.64. The molecule has 0 unspecified atom stereocenters. The number of amides is 3. The number of para-hydroxylation sites is 1. The van der Waals surface area contributed by atoms with Crippen LogP contribution in [0.1, 0.15) is 22.3 Å². The molecule has 3 amide bonds. The number of benzene rings is 2. The van der Waals surface area contributed by atoms with E-state index in [1.807, 2.05) is 30.3 Å². The van der Waals surface area contributed by atoms with Crippen molar-refractivity contribution >= 4 is 23.4 Å². The summed E-state index contributed by atoms with van der Waals surface area (Å²) in [5.74, 6) is -1.03. The second-order valence-electron chi connectivity index (χ2n) is 6.69. The first kappa shape index (κ1) is 19.4. The zero-order chi connectivity index (χ0) is 19.9. The quantitative estimate of drug-likeness (QED) is 0.728. The van der Waals surface area contributed by atoms with Crippen molar-refractivity contribution in [1.29, 1.82) is 0 Å². The van der Waals surface area contributed by atoms with Gasteiger partial charge in [0.2, 0.25) is 11.8 Å². The summed E-state index contributed by atoms with van der Waals surface area (Å²) in [6, 6.07) is 16.5. The Morgan fingerprint density at radius 1 is 1.11 bits per heavy atom. The lowest BCUT2D eigenvalue weighted by Crippen LogP contribution is -2.29. The molecule has 1 fully saturated rings. The Hall–Kier alpha value is -3.41. The number of rotatable bonds is 7. The van der Waals surface area contributed by atoms with Crippen LogP contribution < -0.4 is 10.6 Å². The van der Waals surface area contributed by atoms with Crippen molar-refractivity contribution in [2.24, 2.45) is 5.92 Å². The summed E-state index contributed by atoms with van der Waals surface area (Å²) >= 11 is 0. The smallest absolute Gasteiger partial charge is 0.253 e. The molecule has 6 heteroatoms. The number of carbonyl (C=O) groups is 3. The number of likely N-dealkylation sites (tertiary alicyclic amines) is 1. The summed E-state index contributed by atoms with van der Waals surface area (Å²) < 4.78 is 0. The lowest BCUT2D eigenvalue weighted by Gasteiger charge is -2.17. The van der Waals surface area contributed by atoms with Crippen molar-refractivity contribution in [3.63, 3.8) is 0 Å². The third kappa shape index (κ3) is 4.65. The van der Waals surface area contributed by atoms with E-state index in [-0.39, 0.29) is 24.1 Å². The third-order valence-electron chi connectivity index (χ3n) is 4.64. The summed E-state index contributed by atoms with van der Waals surface area (Å²) in [5.41, 5.74) is 1.84. The molecule has 1 aliphatic heterocycles. The Morgan fingerprint density at radius 3 is 2.57 bits per heavy atom. The van der Waals surface area contributed by atoms with E-state index in [0.717, 1.165) is 5.56 Å². The maximum atomic E-state index is 12.7. The fourth-order valence-electron chi connectivity index (χ4n) is 3.19. The van der Waals surface area contributed by atoms with E-state index in [1.54, 1.807) is 35.2 Å².